The summed E-state index contributed by atoms with van der Waals surface area (Å²) in [7, 11) is 2.06. The number of pyridine rings is 2. The Labute approximate surface area is 192 Å². The normalized spacial score (nSPS) is 13.8. The van der Waals surface area contributed by atoms with E-state index in [9.17, 15) is 0 Å². The van der Waals surface area contributed by atoms with Crippen LogP contribution in [-0.4, -0.2) is 33.0 Å². The second kappa shape index (κ2) is 7.52. The minimum atomic E-state index is 0.206. The Hall–Kier alpha value is -4.06. The molecule has 3 aromatic heterocycles. The smallest absolute Gasteiger partial charge is 0.149 e. The average Bonchev–Trinajstić information content (AvgIpc) is 3.48. The quantitative estimate of drug-likeness (QED) is 0.318. The minimum absolute atomic E-state index is 0.206. The topological polar surface area (TPSA) is 45.9 Å². The van der Waals surface area contributed by atoms with Gasteiger partial charge in [0.2, 0.25) is 0 Å². The van der Waals surface area contributed by atoms with Crippen molar-refractivity contribution in [2.75, 3.05) is 18.6 Å². The van der Waals surface area contributed by atoms with E-state index in [-0.39, 0.29) is 5.92 Å². The van der Waals surface area contributed by atoms with Gasteiger partial charge < -0.3 is 14.5 Å². The van der Waals surface area contributed by atoms with Gasteiger partial charge in [0, 0.05) is 54.4 Å². The fourth-order valence-corrected chi connectivity index (χ4v) is 4.51. The Balaban J connectivity index is 1.51. The van der Waals surface area contributed by atoms with E-state index in [1.165, 1.54) is 0 Å². The van der Waals surface area contributed by atoms with Crippen molar-refractivity contribution in [3.05, 3.63) is 85.1 Å². The zero-order valence-electron chi connectivity index (χ0n) is 18.9. The summed E-state index contributed by atoms with van der Waals surface area (Å²) < 4.78 is 8.60. The maximum absolute atomic E-state index is 6.48. The molecule has 0 amide bonds. The zero-order valence-corrected chi connectivity index (χ0v) is 18.9. The molecule has 33 heavy (non-hydrogen) atoms. The van der Waals surface area contributed by atoms with Gasteiger partial charge in [-0.15, -0.1) is 0 Å². The van der Waals surface area contributed by atoms with Crippen LogP contribution in [0.3, 0.4) is 0 Å². The number of benzene rings is 2. The van der Waals surface area contributed by atoms with Crippen LogP contribution in [0.5, 0.6) is 11.5 Å². The fraction of sp³-hybridized carbons (Fsp3) is 0.185. The molecule has 6 nitrogen and oxygen atoms in total. The van der Waals surface area contributed by atoms with Crippen molar-refractivity contribution < 1.29 is 4.74 Å². The highest BCUT2D eigenvalue weighted by Crippen LogP contribution is 2.37. The summed E-state index contributed by atoms with van der Waals surface area (Å²) in [6, 6.07) is 18.6. The third kappa shape index (κ3) is 3.26. The standard InChI is InChI=1S/C27H25N5O/c1-18(2)25-24(33-20-8-6-7-19(15-20)31-14-13-30(3)17-31)16-22-26(29-25)21-9-4-5-10-23(21)32-12-11-28-27(22)32/h4-16,18H,17H2,1-3H3. The molecule has 4 heterocycles. The third-order valence-electron chi connectivity index (χ3n) is 6.12. The summed E-state index contributed by atoms with van der Waals surface area (Å²) in [5.41, 5.74) is 4.98. The van der Waals surface area contributed by atoms with Crippen molar-refractivity contribution >= 4 is 33.1 Å². The van der Waals surface area contributed by atoms with Crippen molar-refractivity contribution in [1.29, 1.82) is 0 Å². The molecule has 164 valence electrons. The van der Waals surface area contributed by atoms with E-state index in [1.807, 2.05) is 24.5 Å². The highest BCUT2D eigenvalue weighted by molar-refractivity contribution is 6.10. The highest BCUT2D eigenvalue weighted by Gasteiger charge is 2.18. The largest absolute Gasteiger partial charge is 0.455 e. The van der Waals surface area contributed by atoms with Crippen molar-refractivity contribution in [1.82, 2.24) is 19.3 Å². The van der Waals surface area contributed by atoms with Gasteiger partial charge in [0.15, 0.2) is 0 Å². The van der Waals surface area contributed by atoms with Gasteiger partial charge in [-0.2, -0.15) is 0 Å². The van der Waals surface area contributed by atoms with Crippen LogP contribution in [0, 0.1) is 0 Å². The van der Waals surface area contributed by atoms with Crippen LogP contribution in [0.4, 0.5) is 5.69 Å². The summed E-state index contributed by atoms with van der Waals surface area (Å²) >= 11 is 0. The molecule has 0 unspecified atom stereocenters. The lowest BCUT2D eigenvalue weighted by molar-refractivity contribution is 0.469. The molecule has 0 radical (unpaired) electrons. The molecular weight excluding hydrogens is 410 g/mol. The molecule has 6 heteroatoms. The first-order chi connectivity index (χ1) is 16.1. The van der Waals surface area contributed by atoms with Gasteiger partial charge in [0.1, 0.15) is 17.1 Å². The number of anilines is 1. The van der Waals surface area contributed by atoms with Crippen LogP contribution in [0.15, 0.2) is 79.4 Å². The number of rotatable bonds is 4. The van der Waals surface area contributed by atoms with E-state index in [0.29, 0.717) is 0 Å². The van der Waals surface area contributed by atoms with Gasteiger partial charge in [0.05, 0.1) is 23.4 Å². The van der Waals surface area contributed by atoms with E-state index in [4.69, 9.17) is 9.72 Å². The lowest BCUT2D eigenvalue weighted by Crippen LogP contribution is -2.21. The number of para-hydroxylation sites is 1. The van der Waals surface area contributed by atoms with Crippen molar-refractivity contribution in [3.63, 3.8) is 0 Å². The molecule has 0 spiro atoms. The minimum Gasteiger partial charge on any atom is -0.455 e. The number of imidazole rings is 1. The molecule has 0 aliphatic carbocycles. The highest BCUT2D eigenvalue weighted by atomic mass is 16.5. The van der Waals surface area contributed by atoms with Crippen molar-refractivity contribution in [3.8, 4) is 11.5 Å². The molecule has 0 N–H and O–H groups in total. The molecule has 2 aromatic carbocycles. The predicted octanol–water partition coefficient (Wildman–Crippen LogP) is 6.13. The van der Waals surface area contributed by atoms with Gasteiger partial charge >= 0.3 is 0 Å². The summed E-state index contributed by atoms with van der Waals surface area (Å²) in [4.78, 5) is 14.1. The maximum Gasteiger partial charge on any atom is 0.149 e. The molecule has 5 aromatic rings. The Morgan fingerprint density at radius 3 is 2.67 bits per heavy atom. The predicted molar refractivity (Wildman–Crippen MR) is 133 cm³/mol. The van der Waals surface area contributed by atoms with Crippen molar-refractivity contribution in [2.24, 2.45) is 0 Å². The van der Waals surface area contributed by atoms with Crippen LogP contribution < -0.4 is 9.64 Å². The molecule has 0 saturated carbocycles. The molecule has 0 saturated heterocycles. The summed E-state index contributed by atoms with van der Waals surface area (Å²) in [5, 5.41) is 2.09. The molecule has 0 bridgehead atoms. The second-order valence-electron chi connectivity index (χ2n) is 8.83. The third-order valence-corrected chi connectivity index (χ3v) is 6.12. The van der Waals surface area contributed by atoms with Crippen LogP contribution in [-0.2, 0) is 0 Å². The molecule has 1 aliphatic rings. The number of nitrogens with zero attached hydrogens (tertiary/aromatic N) is 5. The Bertz CT molecular complexity index is 1530. The number of hydrogen-bond acceptors (Lipinski definition) is 5. The first-order valence-corrected chi connectivity index (χ1v) is 11.2. The Morgan fingerprint density at radius 1 is 0.970 bits per heavy atom. The van der Waals surface area contributed by atoms with Gasteiger partial charge in [-0.05, 0) is 30.2 Å². The van der Waals surface area contributed by atoms with Gasteiger partial charge in [-0.25, -0.2) is 9.97 Å². The second-order valence-corrected chi connectivity index (χ2v) is 8.83. The Kier molecular flexibility index (Phi) is 4.47. The number of hydrogen-bond donors (Lipinski definition) is 0. The summed E-state index contributed by atoms with van der Waals surface area (Å²) in [6.07, 6.45) is 7.98. The average molecular weight is 436 g/mol. The van der Waals surface area contributed by atoms with E-state index < -0.39 is 0 Å². The van der Waals surface area contributed by atoms with E-state index in [2.05, 4.69) is 94.9 Å². The molecule has 1 aliphatic heterocycles. The summed E-state index contributed by atoms with van der Waals surface area (Å²) in [5.74, 6) is 1.76. The summed E-state index contributed by atoms with van der Waals surface area (Å²) in [6.45, 7) is 5.13. The lowest BCUT2D eigenvalue weighted by Gasteiger charge is -2.20. The van der Waals surface area contributed by atoms with Crippen LogP contribution in [0.2, 0.25) is 0 Å². The van der Waals surface area contributed by atoms with E-state index >= 15 is 0 Å². The van der Waals surface area contributed by atoms with Gasteiger partial charge in [0.25, 0.3) is 0 Å². The van der Waals surface area contributed by atoms with Gasteiger partial charge in [-0.1, -0.05) is 38.1 Å². The molecular formula is C27H25N5O. The Morgan fingerprint density at radius 2 is 1.85 bits per heavy atom. The first-order valence-electron chi connectivity index (χ1n) is 11.2. The van der Waals surface area contributed by atoms with Crippen molar-refractivity contribution in [2.45, 2.75) is 19.8 Å². The van der Waals surface area contributed by atoms with E-state index in [1.54, 1.807) is 0 Å². The number of fused-ring (bicyclic) bond motifs is 6. The molecule has 0 atom stereocenters. The number of ether oxygens (including phenoxy) is 1. The van der Waals surface area contributed by atoms with Crippen LogP contribution >= 0.6 is 0 Å². The lowest BCUT2D eigenvalue weighted by atomic mass is 10.0. The molecule has 0 fully saturated rings. The maximum atomic E-state index is 6.48. The first kappa shape index (κ1) is 19.6. The molecule has 6 rings (SSSR count). The van der Waals surface area contributed by atoms with Crippen LogP contribution in [0.25, 0.3) is 27.5 Å². The van der Waals surface area contributed by atoms with Gasteiger partial charge in [-0.3, -0.25) is 4.40 Å². The fourth-order valence-electron chi connectivity index (χ4n) is 4.51. The SMILES string of the molecule is CC(C)c1nc2c3ccccc3n3ccnc3c2cc1Oc1cccc(N2C=CN(C)C2)c1. The van der Waals surface area contributed by atoms with Crippen LogP contribution in [0.1, 0.15) is 25.5 Å². The monoisotopic (exact) mass is 435 g/mol. The van der Waals surface area contributed by atoms with E-state index in [0.717, 1.165) is 57.0 Å². The zero-order chi connectivity index (χ0) is 22.5. The number of aromatic nitrogens is 3.